The molecule has 4 rings (SSSR count). The third-order valence-corrected chi connectivity index (χ3v) is 6.05. The van der Waals surface area contributed by atoms with Gasteiger partial charge in [-0.2, -0.15) is 0 Å². The van der Waals surface area contributed by atoms with Crippen LogP contribution in [0.3, 0.4) is 0 Å². The predicted octanol–water partition coefficient (Wildman–Crippen LogP) is 3.41. The van der Waals surface area contributed by atoms with Gasteiger partial charge in [-0.15, -0.1) is 12.4 Å². The van der Waals surface area contributed by atoms with Crippen molar-refractivity contribution in [2.75, 3.05) is 13.1 Å². The number of nitrogens with zero attached hydrogens (tertiary/aromatic N) is 1. The molecule has 1 saturated carbocycles. The van der Waals surface area contributed by atoms with Crippen molar-refractivity contribution in [2.45, 2.75) is 62.4 Å². The molecule has 2 saturated heterocycles. The monoisotopic (exact) mass is 352 g/mol. The Hall–Kier alpha value is -1.13. The number of carbonyl (C=O) groups is 1. The molecule has 1 aliphatic carbocycles. The van der Waals surface area contributed by atoms with Crippen LogP contribution in [0.25, 0.3) is 0 Å². The number of carbonyl (C=O) groups excluding carboxylic acids is 1. The van der Waals surface area contributed by atoms with Crippen LogP contribution in [0.2, 0.25) is 0 Å². The van der Waals surface area contributed by atoms with Gasteiger partial charge in [0.25, 0.3) is 0 Å². The number of likely N-dealkylation sites (tertiary alicyclic amines) is 1. The highest BCUT2D eigenvalue weighted by atomic mass is 35.5. The van der Waals surface area contributed by atoms with E-state index in [1.54, 1.807) is 12.1 Å². The van der Waals surface area contributed by atoms with Gasteiger partial charge in [-0.1, -0.05) is 25.0 Å². The Morgan fingerprint density at radius 1 is 1.17 bits per heavy atom. The first-order valence-corrected chi connectivity index (χ1v) is 8.99. The van der Waals surface area contributed by atoms with Gasteiger partial charge >= 0.3 is 0 Å². The second-order valence-electron chi connectivity index (χ2n) is 7.48. The maximum absolute atomic E-state index is 13.7. The molecular weight excluding hydrogens is 327 g/mol. The first kappa shape index (κ1) is 17.7. The average Bonchev–Trinajstić information content (AvgIpc) is 3.14. The van der Waals surface area contributed by atoms with Crippen LogP contribution in [0.15, 0.2) is 24.3 Å². The summed E-state index contributed by atoms with van der Waals surface area (Å²) in [5.74, 6) is -0.00638. The summed E-state index contributed by atoms with van der Waals surface area (Å²) in [6.45, 7) is 1.65. The van der Waals surface area contributed by atoms with Gasteiger partial charge in [-0.25, -0.2) is 4.39 Å². The molecule has 2 aliphatic heterocycles. The maximum atomic E-state index is 13.7. The highest BCUT2D eigenvalue weighted by Crippen LogP contribution is 2.43. The summed E-state index contributed by atoms with van der Waals surface area (Å²) in [5, 5.41) is 3.64. The number of fused-ring (bicyclic) bond motifs is 2. The Bertz CT molecular complexity index is 603. The standard InChI is InChI=1S/C19H25FN2O.ClH/c20-15-5-3-4-14(12-15)19(9-1-2-10-19)18(23)22-11-8-16-6-7-17(13-22)21-16;/h3-5,12,16-17,21H,1-2,6-11,13H2;1H. The average molecular weight is 353 g/mol. The molecule has 5 heteroatoms. The summed E-state index contributed by atoms with van der Waals surface area (Å²) in [4.78, 5) is 15.5. The first-order valence-electron chi connectivity index (χ1n) is 8.99. The molecular formula is C19H26ClFN2O. The molecule has 1 aromatic rings. The van der Waals surface area contributed by atoms with Crippen LogP contribution in [0.5, 0.6) is 0 Å². The largest absolute Gasteiger partial charge is 0.340 e. The second-order valence-corrected chi connectivity index (χ2v) is 7.48. The number of benzene rings is 1. The summed E-state index contributed by atoms with van der Waals surface area (Å²) in [7, 11) is 0. The number of nitrogens with one attached hydrogen (secondary N) is 1. The van der Waals surface area contributed by atoms with E-state index in [1.165, 1.54) is 18.9 Å². The van der Waals surface area contributed by atoms with Crippen LogP contribution in [-0.4, -0.2) is 36.0 Å². The number of amides is 1. The molecule has 3 nitrogen and oxygen atoms in total. The number of hydrogen-bond donors (Lipinski definition) is 1. The minimum absolute atomic E-state index is 0. The van der Waals surface area contributed by atoms with Crippen LogP contribution in [0.4, 0.5) is 4.39 Å². The van der Waals surface area contributed by atoms with Crippen molar-refractivity contribution in [3.05, 3.63) is 35.6 Å². The van der Waals surface area contributed by atoms with E-state index >= 15 is 0 Å². The third kappa shape index (κ3) is 3.06. The molecule has 24 heavy (non-hydrogen) atoms. The van der Waals surface area contributed by atoms with Crippen LogP contribution in [0, 0.1) is 5.82 Å². The van der Waals surface area contributed by atoms with Gasteiger partial charge in [-0.05, 0) is 49.8 Å². The van der Waals surface area contributed by atoms with Gasteiger partial charge in [0.05, 0.1) is 5.41 Å². The van der Waals surface area contributed by atoms with E-state index in [9.17, 15) is 9.18 Å². The zero-order chi connectivity index (χ0) is 15.9. The lowest BCUT2D eigenvalue weighted by Crippen LogP contribution is -2.48. The first-order chi connectivity index (χ1) is 11.2. The van der Waals surface area contributed by atoms with Crippen molar-refractivity contribution >= 4 is 18.3 Å². The maximum Gasteiger partial charge on any atom is 0.233 e. The highest BCUT2D eigenvalue weighted by molar-refractivity contribution is 5.88. The van der Waals surface area contributed by atoms with E-state index in [0.717, 1.165) is 50.8 Å². The van der Waals surface area contributed by atoms with Crippen molar-refractivity contribution < 1.29 is 9.18 Å². The minimum Gasteiger partial charge on any atom is -0.340 e. The van der Waals surface area contributed by atoms with Crippen LogP contribution >= 0.6 is 12.4 Å². The van der Waals surface area contributed by atoms with Gasteiger partial charge in [-0.3, -0.25) is 4.79 Å². The van der Waals surface area contributed by atoms with E-state index in [2.05, 4.69) is 10.2 Å². The Morgan fingerprint density at radius 3 is 2.67 bits per heavy atom. The number of halogens is 2. The van der Waals surface area contributed by atoms with Gasteiger partial charge in [0.15, 0.2) is 0 Å². The van der Waals surface area contributed by atoms with E-state index in [0.29, 0.717) is 12.1 Å². The topological polar surface area (TPSA) is 32.3 Å². The Morgan fingerprint density at radius 2 is 1.92 bits per heavy atom. The summed E-state index contributed by atoms with van der Waals surface area (Å²) in [6.07, 6.45) is 7.27. The third-order valence-electron chi connectivity index (χ3n) is 6.05. The molecule has 0 spiro atoms. The molecule has 0 radical (unpaired) electrons. The van der Waals surface area contributed by atoms with Crippen molar-refractivity contribution in [1.29, 1.82) is 0 Å². The van der Waals surface area contributed by atoms with E-state index in [4.69, 9.17) is 0 Å². The van der Waals surface area contributed by atoms with Gasteiger partial charge in [0.1, 0.15) is 5.82 Å². The molecule has 3 fully saturated rings. The number of hydrogen-bond acceptors (Lipinski definition) is 2. The second kappa shape index (κ2) is 7.01. The molecule has 2 atom stereocenters. The van der Waals surface area contributed by atoms with E-state index in [-0.39, 0.29) is 24.1 Å². The quantitative estimate of drug-likeness (QED) is 0.884. The van der Waals surface area contributed by atoms with Crippen LogP contribution in [-0.2, 0) is 10.2 Å². The van der Waals surface area contributed by atoms with E-state index in [1.807, 2.05) is 6.07 Å². The summed E-state index contributed by atoms with van der Waals surface area (Å²) in [6, 6.07) is 7.74. The smallest absolute Gasteiger partial charge is 0.233 e. The molecule has 1 amide bonds. The molecule has 0 aromatic heterocycles. The Labute approximate surface area is 149 Å². The minimum atomic E-state index is -0.494. The fraction of sp³-hybridized carbons (Fsp3) is 0.632. The van der Waals surface area contributed by atoms with Gasteiger partial charge in [0.2, 0.25) is 5.91 Å². The zero-order valence-electron chi connectivity index (χ0n) is 14.0. The van der Waals surface area contributed by atoms with Crippen LogP contribution < -0.4 is 5.32 Å². The van der Waals surface area contributed by atoms with E-state index < -0.39 is 5.41 Å². The summed E-state index contributed by atoms with van der Waals surface area (Å²) in [5.41, 5.74) is 0.383. The Balaban J connectivity index is 0.00000169. The van der Waals surface area contributed by atoms with Gasteiger partial charge in [0, 0.05) is 25.2 Å². The van der Waals surface area contributed by atoms with Crippen LogP contribution in [0.1, 0.15) is 50.5 Å². The molecule has 132 valence electrons. The molecule has 2 bridgehead atoms. The molecule has 2 unspecified atom stereocenters. The molecule has 3 aliphatic rings. The Kier molecular flexibility index (Phi) is 5.16. The zero-order valence-corrected chi connectivity index (χ0v) is 14.8. The predicted molar refractivity (Wildman–Crippen MR) is 94.9 cm³/mol. The van der Waals surface area contributed by atoms with Gasteiger partial charge < -0.3 is 10.2 Å². The van der Waals surface area contributed by atoms with Crippen molar-refractivity contribution in [3.8, 4) is 0 Å². The lowest BCUT2D eigenvalue weighted by atomic mass is 9.77. The lowest BCUT2D eigenvalue weighted by molar-refractivity contribution is -0.137. The van der Waals surface area contributed by atoms with Crippen molar-refractivity contribution in [1.82, 2.24) is 10.2 Å². The highest BCUT2D eigenvalue weighted by Gasteiger charge is 2.46. The molecule has 1 aromatic carbocycles. The fourth-order valence-electron chi connectivity index (χ4n) is 4.82. The lowest BCUT2D eigenvalue weighted by Gasteiger charge is -2.35. The van der Waals surface area contributed by atoms with Crippen molar-refractivity contribution in [2.24, 2.45) is 0 Å². The molecule has 2 heterocycles. The number of rotatable bonds is 2. The van der Waals surface area contributed by atoms with Crippen molar-refractivity contribution in [3.63, 3.8) is 0 Å². The summed E-state index contributed by atoms with van der Waals surface area (Å²) >= 11 is 0. The fourth-order valence-corrected chi connectivity index (χ4v) is 4.82. The molecule has 1 N–H and O–H groups in total. The SMILES string of the molecule is Cl.O=C(N1CCC2CCC(C1)N2)C1(c2cccc(F)c2)CCCC1. The normalized spacial score (nSPS) is 28.3. The summed E-state index contributed by atoms with van der Waals surface area (Å²) < 4.78 is 13.7.